The summed E-state index contributed by atoms with van der Waals surface area (Å²) in [4.78, 5) is 0. The van der Waals surface area contributed by atoms with Crippen LogP contribution in [0.5, 0.6) is 5.75 Å². The minimum absolute atomic E-state index is 0.416. The molecule has 0 atom stereocenters. The Morgan fingerprint density at radius 3 is 2.83 bits per heavy atom. The van der Waals surface area contributed by atoms with Crippen LogP contribution in [0.1, 0.15) is 12.5 Å². The van der Waals surface area contributed by atoms with Crippen molar-refractivity contribution in [3.8, 4) is 5.75 Å². The predicted octanol–water partition coefficient (Wildman–Crippen LogP) is 2.07. The maximum absolute atomic E-state index is 5.47. The van der Waals surface area contributed by atoms with Gasteiger partial charge in [0.15, 0.2) is 0 Å². The van der Waals surface area contributed by atoms with Gasteiger partial charge < -0.3 is 15.8 Å². The summed E-state index contributed by atoms with van der Waals surface area (Å²) in [6, 6.07) is 11.5. The van der Waals surface area contributed by atoms with Crippen LogP contribution in [0.2, 0.25) is 0 Å². The van der Waals surface area contributed by atoms with Crippen LogP contribution in [0.25, 0.3) is 0 Å². The van der Waals surface area contributed by atoms with Crippen molar-refractivity contribution in [1.82, 2.24) is 10.2 Å². The Hall–Kier alpha value is -2.30. The van der Waals surface area contributed by atoms with E-state index in [2.05, 4.69) is 15.5 Å². The smallest absolute Gasteiger partial charge is 0.149 e. The van der Waals surface area contributed by atoms with E-state index in [-0.39, 0.29) is 0 Å². The fraction of sp³-hybridized carbons (Fsp3) is 0.231. The van der Waals surface area contributed by atoms with Gasteiger partial charge in [-0.2, -0.15) is 0 Å². The van der Waals surface area contributed by atoms with Crippen LogP contribution in [0.4, 0.5) is 11.6 Å². The molecule has 3 N–H and O–H groups in total. The zero-order valence-electron chi connectivity index (χ0n) is 10.3. The van der Waals surface area contributed by atoms with Crippen molar-refractivity contribution in [2.24, 2.45) is 0 Å². The number of rotatable bonds is 5. The number of nitrogens with one attached hydrogen (secondary N) is 1. The number of anilines is 2. The van der Waals surface area contributed by atoms with Crippen LogP contribution in [-0.2, 0) is 6.54 Å². The van der Waals surface area contributed by atoms with E-state index in [0.29, 0.717) is 24.8 Å². The summed E-state index contributed by atoms with van der Waals surface area (Å²) in [6.45, 7) is 3.30. The van der Waals surface area contributed by atoms with Crippen molar-refractivity contribution < 1.29 is 4.74 Å². The molecule has 0 aliphatic heterocycles. The Balaban J connectivity index is 1.97. The molecule has 5 nitrogen and oxygen atoms in total. The Labute approximate surface area is 106 Å². The fourth-order valence-corrected chi connectivity index (χ4v) is 1.54. The maximum Gasteiger partial charge on any atom is 0.149 e. The number of aromatic nitrogens is 2. The first kappa shape index (κ1) is 12.2. The number of hydrogen-bond donors (Lipinski definition) is 2. The molecule has 0 spiro atoms. The second kappa shape index (κ2) is 5.86. The molecule has 0 radical (unpaired) electrons. The number of nitrogen functional groups attached to an aromatic ring is 1. The highest BCUT2D eigenvalue weighted by Gasteiger charge is 1.98. The van der Waals surface area contributed by atoms with Gasteiger partial charge in [0.2, 0.25) is 0 Å². The second-order valence-corrected chi connectivity index (χ2v) is 3.78. The van der Waals surface area contributed by atoms with Gasteiger partial charge in [-0.15, -0.1) is 10.2 Å². The molecule has 0 saturated heterocycles. The van der Waals surface area contributed by atoms with Crippen molar-refractivity contribution in [2.75, 3.05) is 17.7 Å². The van der Waals surface area contributed by atoms with Crippen LogP contribution in [0.15, 0.2) is 36.4 Å². The molecule has 94 valence electrons. The van der Waals surface area contributed by atoms with Gasteiger partial charge >= 0.3 is 0 Å². The molecule has 1 aromatic carbocycles. The van der Waals surface area contributed by atoms with Crippen molar-refractivity contribution in [1.29, 1.82) is 0 Å². The van der Waals surface area contributed by atoms with Gasteiger partial charge in [-0.3, -0.25) is 0 Å². The molecule has 2 rings (SSSR count). The average Bonchev–Trinajstić information content (AvgIpc) is 2.39. The van der Waals surface area contributed by atoms with Crippen LogP contribution in [-0.4, -0.2) is 16.8 Å². The van der Waals surface area contributed by atoms with Gasteiger partial charge in [0, 0.05) is 6.54 Å². The molecular weight excluding hydrogens is 228 g/mol. The minimum Gasteiger partial charge on any atom is -0.494 e. The second-order valence-electron chi connectivity index (χ2n) is 3.78. The highest BCUT2D eigenvalue weighted by atomic mass is 16.5. The first-order chi connectivity index (χ1) is 8.78. The number of ether oxygens (including phenoxy) is 1. The third-order valence-corrected chi connectivity index (χ3v) is 2.37. The quantitative estimate of drug-likeness (QED) is 0.842. The summed E-state index contributed by atoms with van der Waals surface area (Å²) in [5, 5.41) is 10.9. The van der Waals surface area contributed by atoms with Gasteiger partial charge in [0.05, 0.1) is 6.61 Å². The van der Waals surface area contributed by atoms with E-state index in [9.17, 15) is 0 Å². The van der Waals surface area contributed by atoms with Crippen molar-refractivity contribution >= 4 is 11.6 Å². The van der Waals surface area contributed by atoms with Crippen LogP contribution >= 0.6 is 0 Å². The van der Waals surface area contributed by atoms with Gasteiger partial charge in [0.25, 0.3) is 0 Å². The van der Waals surface area contributed by atoms with E-state index in [1.165, 1.54) is 0 Å². The van der Waals surface area contributed by atoms with Gasteiger partial charge in [0.1, 0.15) is 17.4 Å². The lowest BCUT2D eigenvalue weighted by molar-refractivity contribution is 0.340. The minimum atomic E-state index is 0.416. The van der Waals surface area contributed by atoms with E-state index in [0.717, 1.165) is 11.3 Å². The summed E-state index contributed by atoms with van der Waals surface area (Å²) in [5.74, 6) is 1.99. The van der Waals surface area contributed by atoms with E-state index in [4.69, 9.17) is 10.5 Å². The summed E-state index contributed by atoms with van der Waals surface area (Å²) in [7, 11) is 0. The van der Waals surface area contributed by atoms with Gasteiger partial charge in [-0.1, -0.05) is 12.1 Å². The molecule has 0 fully saturated rings. The molecule has 0 aliphatic rings. The maximum atomic E-state index is 5.47. The molecular formula is C13H16N4O. The lowest BCUT2D eigenvalue weighted by Crippen LogP contribution is -2.03. The summed E-state index contributed by atoms with van der Waals surface area (Å²) < 4.78 is 5.44. The van der Waals surface area contributed by atoms with Gasteiger partial charge in [-0.25, -0.2) is 0 Å². The molecule has 0 unspecified atom stereocenters. The molecule has 2 aromatic rings. The number of benzene rings is 1. The predicted molar refractivity (Wildman–Crippen MR) is 71.4 cm³/mol. The Bertz CT molecular complexity index is 499. The average molecular weight is 244 g/mol. The van der Waals surface area contributed by atoms with Crippen molar-refractivity contribution in [3.63, 3.8) is 0 Å². The van der Waals surface area contributed by atoms with Crippen molar-refractivity contribution in [3.05, 3.63) is 42.0 Å². The molecule has 18 heavy (non-hydrogen) atoms. The van der Waals surface area contributed by atoms with Crippen LogP contribution in [0, 0.1) is 0 Å². The topological polar surface area (TPSA) is 73.1 Å². The number of hydrogen-bond acceptors (Lipinski definition) is 5. The lowest BCUT2D eigenvalue weighted by atomic mass is 10.2. The summed E-state index contributed by atoms with van der Waals surface area (Å²) in [6.07, 6.45) is 0. The third kappa shape index (κ3) is 3.35. The first-order valence-electron chi connectivity index (χ1n) is 5.82. The molecule has 1 aromatic heterocycles. The highest BCUT2D eigenvalue weighted by molar-refractivity contribution is 5.39. The summed E-state index contributed by atoms with van der Waals surface area (Å²) >= 11 is 0. The Morgan fingerprint density at radius 1 is 1.22 bits per heavy atom. The number of nitrogens with two attached hydrogens (primary N) is 1. The van der Waals surface area contributed by atoms with Gasteiger partial charge in [-0.05, 0) is 36.8 Å². The molecule has 0 aliphatic carbocycles. The van der Waals surface area contributed by atoms with Crippen LogP contribution < -0.4 is 15.8 Å². The van der Waals surface area contributed by atoms with E-state index in [1.54, 1.807) is 12.1 Å². The van der Waals surface area contributed by atoms with E-state index < -0.39 is 0 Å². The molecule has 0 saturated carbocycles. The summed E-state index contributed by atoms with van der Waals surface area (Å²) in [5.41, 5.74) is 6.59. The largest absolute Gasteiger partial charge is 0.494 e. The lowest BCUT2D eigenvalue weighted by Gasteiger charge is -2.07. The monoisotopic (exact) mass is 244 g/mol. The number of nitrogens with zero attached hydrogens (tertiary/aromatic N) is 2. The van der Waals surface area contributed by atoms with E-state index in [1.807, 2.05) is 31.2 Å². The Kier molecular flexibility index (Phi) is 3.96. The first-order valence-corrected chi connectivity index (χ1v) is 5.82. The standard InChI is InChI=1S/C13H16N4O/c1-2-18-11-5-3-4-10(8-11)9-15-13-7-6-12(14)16-17-13/h3-8H,2,9H2,1H3,(H2,14,16)(H,15,17). The fourth-order valence-electron chi connectivity index (χ4n) is 1.54. The zero-order valence-corrected chi connectivity index (χ0v) is 10.3. The normalized spacial score (nSPS) is 10.1. The molecule has 0 amide bonds. The third-order valence-electron chi connectivity index (χ3n) is 2.37. The van der Waals surface area contributed by atoms with E-state index >= 15 is 0 Å². The Morgan fingerprint density at radius 2 is 2.11 bits per heavy atom. The molecule has 0 bridgehead atoms. The zero-order chi connectivity index (χ0) is 12.8. The SMILES string of the molecule is CCOc1cccc(CNc2ccc(N)nn2)c1. The molecule has 5 heteroatoms. The highest BCUT2D eigenvalue weighted by Crippen LogP contribution is 2.14. The van der Waals surface area contributed by atoms with Crippen molar-refractivity contribution in [2.45, 2.75) is 13.5 Å². The molecule has 1 heterocycles. The van der Waals surface area contributed by atoms with Crippen LogP contribution in [0.3, 0.4) is 0 Å².